The van der Waals surface area contributed by atoms with Gasteiger partial charge in [-0.1, -0.05) is 20.8 Å². The first-order chi connectivity index (χ1) is 8.72. The van der Waals surface area contributed by atoms with Crippen molar-refractivity contribution in [2.45, 2.75) is 65.3 Å². The molecule has 2 aliphatic rings. The Bertz CT molecular complexity index is 257. The van der Waals surface area contributed by atoms with Gasteiger partial charge < -0.3 is 15.2 Å². The van der Waals surface area contributed by atoms with Gasteiger partial charge in [0, 0.05) is 6.42 Å². The van der Waals surface area contributed by atoms with Gasteiger partial charge in [0.25, 0.3) is 0 Å². The highest BCUT2D eigenvalue weighted by molar-refractivity contribution is 5.71. The third-order valence-electron chi connectivity index (χ3n) is 3.76. The average Bonchev–Trinajstić information content (AvgIpc) is 3.02. The molecule has 4 unspecified atom stereocenters. The highest BCUT2D eigenvalue weighted by atomic mass is 16.7. The molecule has 2 saturated carbocycles. The van der Waals surface area contributed by atoms with E-state index in [4.69, 9.17) is 15.2 Å². The van der Waals surface area contributed by atoms with E-state index in [1.807, 2.05) is 20.8 Å². The van der Waals surface area contributed by atoms with Gasteiger partial charge >= 0.3 is 5.97 Å². The molecule has 0 saturated heterocycles. The van der Waals surface area contributed by atoms with Gasteiger partial charge in [0.2, 0.25) is 6.29 Å². The van der Waals surface area contributed by atoms with E-state index in [0.717, 1.165) is 12.3 Å². The van der Waals surface area contributed by atoms with Gasteiger partial charge in [0.05, 0.1) is 12.6 Å². The first-order valence-electron chi connectivity index (χ1n) is 7.28. The summed E-state index contributed by atoms with van der Waals surface area (Å²) in [4.78, 5) is 11.1. The van der Waals surface area contributed by atoms with Crippen LogP contribution in [0, 0.1) is 11.8 Å². The van der Waals surface area contributed by atoms with Gasteiger partial charge in [-0.05, 0) is 37.5 Å². The summed E-state index contributed by atoms with van der Waals surface area (Å²) >= 11 is 0. The highest BCUT2D eigenvalue weighted by Gasteiger charge is 2.41. The zero-order chi connectivity index (χ0) is 13.5. The van der Waals surface area contributed by atoms with Crippen LogP contribution in [-0.2, 0) is 14.3 Å². The molecule has 4 nitrogen and oxygen atoms in total. The standard InChI is InChI=1S/C12H21NO3.C2H6/c1-2-12(16-11(14)7-13)15-10-6-8-3-4-9(10)5-8;1-2/h8-10,12H,2-7,13H2,1H3;1-2H3. The second kappa shape index (κ2) is 7.74. The van der Waals surface area contributed by atoms with Crippen LogP contribution in [0.3, 0.4) is 0 Å². The topological polar surface area (TPSA) is 61.5 Å². The molecular weight excluding hydrogens is 230 g/mol. The van der Waals surface area contributed by atoms with Crippen molar-refractivity contribution in [2.24, 2.45) is 17.6 Å². The van der Waals surface area contributed by atoms with Gasteiger partial charge in [0.15, 0.2) is 0 Å². The molecule has 0 radical (unpaired) electrons. The number of ether oxygens (including phenoxy) is 2. The van der Waals surface area contributed by atoms with Gasteiger partial charge in [0.1, 0.15) is 0 Å². The summed E-state index contributed by atoms with van der Waals surface area (Å²) in [6, 6.07) is 0. The lowest BCUT2D eigenvalue weighted by atomic mass is 9.98. The number of esters is 1. The van der Waals surface area contributed by atoms with Crippen LogP contribution in [0.25, 0.3) is 0 Å². The van der Waals surface area contributed by atoms with Crippen molar-refractivity contribution in [3.05, 3.63) is 0 Å². The molecule has 18 heavy (non-hydrogen) atoms. The fraction of sp³-hybridized carbons (Fsp3) is 0.929. The monoisotopic (exact) mass is 257 g/mol. The molecule has 4 atom stereocenters. The van der Waals surface area contributed by atoms with Crippen molar-refractivity contribution < 1.29 is 14.3 Å². The molecule has 0 aromatic heterocycles. The minimum absolute atomic E-state index is 0.0728. The number of rotatable bonds is 5. The van der Waals surface area contributed by atoms with Gasteiger partial charge in [-0.15, -0.1) is 0 Å². The first kappa shape index (κ1) is 15.4. The van der Waals surface area contributed by atoms with Crippen LogP contribution >= 0.6 is 0 Å². The molecule has 2 N–H and O–H groups in total. The summed E-state index contributed by atoms with van der Waals surface area (Å²) in [7, 11) is 0. The number of carbonyl (C=O) groups excluding carboxylic acids is 1. The zero-order valence-electron chi connectivity index (χ0n) is 11.9. The number of fused-ring (bicyclic) bond motifs is 2. The van der Waals surface area contributed by atoms with Crippen molar-refractivity contribution in [3.8, 4) is 0 Å². The van der Waals surface area contributed by atoms with Crippen molar-refractivity contribution in [1.82, 2.24) is 0 Å². The average molecular weight is 257 g/mol. The van der Waals surface area contributed by atoms with E-state index >= 15 is 0 Å². The van der Waals surface area contributed by atoms with Crippen LogP contribution < -0.4 is 5.73 Å². The smallest absolute Gasteiger partial charge is 0.322 e. The largest absolute Gasteiger partial charge is 0.435 e. The lowest BCUT2D eigenvalue weighted by Gasteiger charge is -2.26. The van der Waals surface area contributed by atoms with Gasteiger partial charge in [-0.2, -0.15) is 0 Å². The molecule has 2 aliphatic carbocycles. The van der Waals surface area contributed by atoms with Crippen molar-refractivity contribution in [2.75, 3.05) is 6.54 Å². The Morgan fingerprint density at radius 1 is 1.33 bits per heavy atom. The SMILES string of the molecule is CC.CCC(OC(=O)CN)OC1CC2CCC1C2. The molecule has 0 aliphatic heterocycles. The summed E-state index contributed by atoms with van der Waals surface area (Å²) in [5.74, 6) is 1.16. The summed E-state index contributed by atoms with van der Waals surface area (Å²) < 4.78 is 11.0. The molecule has 0 heterocycles. The van der Waals surface area contributed by atoms with Crippen molar-refractivity contribution in [3.63, 3.8) is 0 Å². The van der Waals surface area contributed by atoms with Crippen LogP contribution in [0.15, 0.2) is 0 Å². The molecule has 2 fully saturated rings. The predicted octanol–water partition coefficient (Wildman–Crippen LogP) is 2.46. The Labute approximate surface area is 110 Å². The minimum atomic E-state index is -0.402. The Morgan fingerprint density at radius 2 is 2.06 bits per heavy atom. The number of carbonyl (C=O) groups is 1. The van der Waals surface area contributed by atoms with Gasteiger partial charge in [-0.3, -0.25) is 4.79 Å². The van der Waals surface area contributed by atoms with E-state index in [-0.39, 0.29) is 12.5 Å². The predicted molar refractivity (Wildman–Crippen MR) is 70.9 cm³/mol. The quantitative estimate of drug-likeness (QED) is 0.607. The van der Waals surface area contributed by atoms with Crippen LogP contribution in [0.5, 0.6) is 0 Å². The molecular formula is C14H27NO3. The zero-order valence-corrected chi connectivity index (χ0v) is 11.9. The van der Waals surface area contributed by atoms with E-state index in [1.165, 1.54) is 19.3 Å². The lowest BCUT2D eigenvalue weighted by molar-refractivity contribution is -0.194. The molecule has 4 heteroatoms. The molecule has 2 rings (SSSR count). The third-order valence-corrected chi connectivity index (χ3v) is 3.76. The van der Waals surface area contributed by atoms with Crippen LogP contribution in [0.4, 0.5) is 0 Å². The fourth-order valence-corrected chi connectivity index (χ4v) is 2.95. The summed E-state index contributed by atoms with van der Waals surface area (Å²) in [5.41, 5.74) is 5.21. The summed E-state index contributed by atoms with van der Waals surface area (Å²) in [6.07, 6.45) is 5.66. The van der Waals surface area contributed by atoms with Crippen LogP contribution in [-0.4, -0.2) is 24.9 Å². The minimum Gasteiger partial charge on any atom is -0.435 e. The number of hydrogen-bond donors (Lipinski definition) is 1. The number of nitrogens with two attached hydrogens (primary N) is 1. The van der Waals surface area contributed by atoms with E-state index in [2.05, 4.69) is 0 Å². The maximum absolute atomic E-state index is 11.1. The molecule has 2 bridgehead atoms. The fourth-order valence-electron chi connectivity index (χ4n) is 2.95. The molecule has 0 spiro atoms. The molecule has 106 valence electrons. The van der Waals surface area contributed by atoms with E-state index in [9.17, 15) is 4.79 Å². The summed E-state index contributed by atoms with van der Waals surface area (Å²) in [6.45, 7) is 5.89. The second-order valence-electron chi connectivity index (χ2n) is 4.88. The first-order valence-corrected chi connectivity index (χ1v) is 7.28. The Hall–Kier alpha value is -0.610. The van der Waals surface area contributed by atoms with E-state index < -0.39 is 6.29 Å². The van der Waals surface area contributed by atoms with Crippen molar-refractivity contribution in [1.29, 1.82) is 0 Å². The Balaban J connectivity index is 0.000000771. The van der Waals surface area contributed by atoms with Crippen LogP contribution in [0.2, 0.25) is 0 Å². The number of hydrogen-bond acceptors (Lipinski definition) is 4. The maximum Gasteiger partial charge on any atom is 0.322 e. The van der Waals surface area contributed by atoms with Crippen molar-refractivity contribution >= 4 is 5.97 Å². The summed E-state index contributed by atoms with van der Waals surface area (Å²) in [5, 5.41) is 0. The lowest BCUT2D eigenvalue weighted by Crippen LogP contribution is -2.31. The van der Waals surface area contributed by atoms with E-state index in [0.29, 0.717) is 18.4 Å². The normalized spacial score (nSPS) is 30.6. The maximum atomic E-state index is 11.1. The molecule has 0 amide bonds. The Kier molecular flexibility index (Phi) is 6.65. The van der Waals surface area contributed by atoms with Gasteiger partial charge in [-0.25, -0.2) is 0 Å². The third kappa shape index (κ3) is 3.95. The van der Waals surface area contributed by atoms with E-state index in [1.54, 1.807) is 0 Å². The highest BCUT2D eigenvalue weighted by Crippen LogP contribution is 2.46. The Morgan fingerprint density at radius 3 is 2.50 bits per heavy atom. The molecule has 0 aromatic rings. The second-order valence-corrected chi connectivity index (χ2v) is 4.88. The molecule has 0 aromatic carbocycles. The van der Waals surface area contributed by atoms with Crippen LogP contribution in [0.1, 0.15) is 52.9 Å².